The molecule has 2 nitrogen and oxygen atoms in total. The fourth-order valence-electron chi connectivity index (χ4n) is 0. The molecule has 0 aliphatic heterocycles. The Labute approximate surface area is 50.7 Å². The Morgan fingerprint density at radius 2 is 1.80 bits per heavy atom. The van der Waals surface area contributed by atoms with E-state index in [1.165, 1.54) is 0 Å². The van der Waals surface area contributed by atoms with Crippen molar-refractivity contribution in [3.8, 4) is 0 Å². The van der Waals surface area contributed by atoms with E-state index in [2.05, 4.69) is 0 Å². The van der Waals surface area contributed by atoms with Crippen LogP contribution in [0.2, 0.25) is 0 Å². The molecule has 1 N–H and O–H groups in total. The minimum Gasteiger partial charge on any atom is -0.481 e. The Morgan fingerprint density at radius 1 is 1.80 bits per heavy atom. The van der Waals surface area contributed by atoms with Gasteiger partial charge in [0, 0.05) is 6.92 Å². The van der Waals surface area contributed by atoms with Crippen LogP contribution in [0.3, 0.4) is 0 Å². The Kier molecular flexibility index (Phi) is 7.97. The van der Waals surface area contributed by atoms with Crippen molar-refractivity contribution in [3.05, 3.63) is 0 Å². The van der Waals surface area contributed by atoms with Gasteiger partial charge in [0.2, 0.25) is 0 Å². The maximum Gasteiger partial charge on any atom is 1.00 e. The van der Waals surface area contributed by atoms with E-state index < -0.39 is 5.97 Å². The van der Waals surface area contributed by atoms with E-state index >= 15 is 0 Å². The average molecular weight is 261 g/mol. The summed E-state index contributed by atoms with van der Waals surface area (Å²) in [5.74, 6) is -0.833. The van der Waals surface area contributed by atoms with Gasteiger partial charge in [0.15, 0.2) is 0 Å². The van der Waals surface area contributed by atoms with Gasteiger partial charge in [0.05, 0.1) is 0 Å². The molecular weight excluding hydrogens is 257 g/mol. The van der Waals surface area contributed by atoms with Crippen molar-refractivity contribution in [1.29, 1.82) is 0 Å². The van der Waals surface area contributed by atoms with Crippen molar-refractivity contribution < 1.29 is 37.6 Å². The number of hydrogen-bond acceptors (Lipinski definition) is 1. The monoisotopic (exact) mass is 262 g/mol. The van der Waals surface area contributed by atoms with Gasteiger partial charge in [0.1, 0.15) is 0 Å². The average Bonchev–Trinajstić information content (AvgIpc) is 0.811. The van der Waals surface area contributed by atoms with Crippen LogP contribution in [0.5, 0.6) is 0 Å². The summed E-state index contributed by atoms with van der Waals surface area (Å²) in [4.78, 5) is 9.00. The fraction of sp³-hybridized carbons (Fsp3) is 0.500. The largest absolute Gasteiger partial charge is 1.00 e. The van der Waals surface area contributed by atoms with E-state index in [4.69, 9.17) is 9.90 Å². The first-order chi connectivity index (χ1) is 1.73. The van der Waals surface area contributed by atoms with Crippen LogP contribution in [-0.4, -0.2) is 11.1 Å². The van der Waals surface area contributed by atoms with Crippen LogP contribution in [0.1, 0.15) is 6.92 Å². The molecule has 0 aromatic rings. The molecule has 0 heterocycles. The van der Waals surface area contributed by atoms with Crippen LogP contribution in [0.15, 0.2) is 0 Å². The molecule has 3 heteroatoms. The van der Waals surface area contributed by atoms with Crippen molar-refractivity contribution in [2.24, 2.45) is 0 Å². The molecule has 0 fully saturated rings. The second-order valence-corrected chi connectivity index (χ2v) is 0.519. The SMILES string of the molecule is CC(=O)O.[Hg+]. The molecule has 0 saturated heterocycles. The molecule has 0 aliphatic rings. The maximum atomic E-state index is 9.00. The van der Waals surface area contributed by atoms with Gasteiger partial charge in [0.25, 0.3) is 5.97 Å². The molecule has 1 radical (unpaired) electrons. The van der Waals surface area contributed by atoms with Gasteiger partial charge in [-0.25, -0.2) is 0 Å². The summed E-state index contributed by atoms with van der Waals surface area (Å²) in [7, 11) is 0. The van der Waals surface area contributed by atoms with Crippen LogP contribution in [-0.2, 0) is 32.5 Å². The molecule has 0 rings (SSSR count). The van der Waals surface area contributed by atoms with Crippen LogP contribution in [0, 0.1) is 0 Å². The van der Waals surface area contributed by atoms with E-state index in [0.29, 0.717) is 0 Å². The number of carboxylic acid groups (broad SMARTS) is 1. The minimum atomic E-state index is -0.833. The zero-order valence-electron chi connectivity index (χ0n) is 3.06. The summed E-state index contributed by atoms with van der Waals surface area (Å²) in [6.07, 6.45) is 0. The third-order valence-corrected chi connectivity index (χ3v) is 0. The standard InChI is InChI=1S/C2H4O2.Hg/c1-2(3)4;/h1H3,(H,3,4);/q;+1. The van der Waals surface area contributed by atoms with Crippen molar-refractivity contribution >= 4 is 5.97 Å². The molecular formula is C2H4HgO2+. The van der Waals surface area contributed by atoms with Crippen molar-refractivity contribution in [3.63, 3.8) is 0 Å². The van der Waals surface area contributed by atoms with Gasteiger partial charge in [-0.15, -0.1) is 0 Å². The van der Waals surface area contributed by atoms with E-state index in [-0.39, 0.29) is 27.7 Å². The van der Waals surface area contributed by atoms with Gasteiger partial charge in [-0.3, -0.25) is 4.79 Å². The number of carboxylic acids is 1. The first kappa shape index (κ1) is 9.05. The predicted octanol–water partition coefficient (Wildman–Crippen LogP) is 0.0884. The smallest absolute Gasteiger partial charge is 0.481 e. The summed E-state index contributed by atoms with van der Waals surface area (Å²) in [5.41, 5.74) is 0. The molecule has 0 atom stereocenters. The zero-order valence-corrected chi connectivity index (χ0v) is 8.56. The number of carbonyl (C=O) groups is 1. The fourth-order valence-corrected chi connectivity index (χ4v) is 0. The normalized spacial score (nSPS) is 5.00. The minimum absolute atomic E-state index is 0. The van der Waals surface area contributed by atoms with Gasteiger partial charge in [-0.2, -0.15) is 0 Å². The van der Waals surface area contributed by atoms with Gasteiger partial charge in [-0.1, -0.05) is 0 Å². The first-order valence-electron chi connectivity index (χ1n) is 0.928. The number of hydrogen-bond donors (Lipinski definition) is 1. The number of rotatable bonds is 0. The maximum absolute atomic E-state index is 9.00. The molecule has 0 aliphatic carbocycles. The molecule has 25 valence electrons. The molecule has 0 bridgehead atoms. The van der Waals surface area contributed by atoms with Crippen molar-refractivity contribution in [2.45, 2.75) is 6.92 Å². The quantitative estimate of drug-likeness (QED) is 0.627. The molecule has 0 spiro atoms. The van der Waals surface area contributed by atoms with E-state index in [0.717, 1.165) is 6.92 Å². The first-order valence-corrected chi connectivity index (χ1v) is 0.928. The zero-order chi connectivity index (χ0) is 3.58. The summed E-state index contributed by atoms with van der Waals surface area (Å²) in [5, 5.41) is 7.42. The van der Waals surface area contributed by atoms with Gasteiger partial charge < -0.3 is 5.11 Å². The second-order valence-electron chi connectivity index (χ2n) is 0.519. The summed E-state index contributed by atoms with van der Waals surface area (Å²) >= 11 is 0. The third-order valence-electron chi connectivity index (χ3n) is 0. The predicted molar refractivity (Wildman–Crippen MR) is 13.3 cm³/mol. The Balaban J connectivity index is 0. The summed E-state index contributed by atoms with van der Waals surface area (Å²) in [6.45, 7) is 1.08. The molecule has 5 heavy (non-hydrogen) atoms. The molecule has 0 unspecified atom stereocenters. The summed E-state index contributed by atoms with van der Waals surface area (Å²) < 4.78 is 0. The van der Waals surface area contributed by atoms with Crippen molar-refractivity contribution in [1.82, 2.24) is 0 Å². The van der Waals surface area contributed by atoms with Crippen LogP contribution < -0.4 is 0 Å². The molecule has 0 aromatic heterocycles. The molecule has 0 saturated carbocycles. The molecule has 0 aromatic carbocycles. The molecule has 0 amide bonds. The van der Waals surface area contributed by atoms with Crippen LogP contribution in [0.25, 0.3) is 0 Å². The third kappa shape index (κ3) is 155. The summed E-state index contributed by atoms with van der Waals surface area (Å²) in [6, 6.07) is 0. The van der Waals surface area contributed by atoms with E-state index in [1.54, 1.807) is 0 Å². The van der Waals surface area contributed by atoms with E-state index in [9.17, 15) is 0 Å². The van der Waals surface area contributed by atoms with Crippen LogP contribution >= 0.6 is 0 Å². The second kappa shape index (κ2) is 4.41. The van der Waals surface area contributed by atoms with Gasteiger partial charge in [-0.05, 0) is 0 Å². The van der Waals surface area contributed by atoms with Crippen LogP contribution in [0.4, 0.5) is 0 Å². The van der Waals surface area contributed by atoms with Crippen molar-refractivity contribution in [2.75, 3.05) is 0 Å². The topological polar surface area (TPSA) is 37.3 Å². The van der Waals surface area contributed by atoms with E-state index in [1.807, 2.05) is 0 Å². The van der Waals surface area contributed by atoms with Gasteiger partial charge >= 0.3 is 27.7 Å². The Bertz CT molecular complexity index is 30.6. The Morgan fingerprint density at radius 3 is 1.80 bits per heavy atom. The Hall–Kier alpha value is 0.405. The number of aliphatic carboxylic acids is 1.